The number of carbonyl (C=O) groups is 1. The zero-order chi connectivity index (χ0) is 20.7. The number of aromatic nitrogens is 3. The Bertz CT molecular complexity index is 1110. The largest absolute Gasteiger partial charge is 0.504 e. The van der Waals surface area contributed by atoms with Gasteiger partial charge in [-0.1, -0.05) is 6.07 Å². The van der Waals surface area contributed by atoms with E-state index in [1.807, 2.05) is 0 Å². The number of para-hydroxylation sites is 1. The molecule has 2 aliphatic heterocycles. The van der Waals surface area contributed by atoms with E-state index >= 15 is 0 Å². The monoisotopic (exact) mass is 407 g/mol. The zero-order valence-electron chi connectivity index (χ0n) is 15.8. The van der Waals surface area contributed by atoms with Gasteiger partial charge in [0.2, 0.25) is 5.88 Å². The van der Waals surface area contributed by atoms with Crippen molar-refractivity contribution in [2.24, 2.45) is 0 Å². The van der Waals surface area contributed by atoms with Gasteiger partial charge in [0.05, 0.1) is 24.0 Å². The van der Waals surface area contributed by atoms with Crippen molar-refractivity contribution in [3.63, 3.8) is 0 Å². The summed E-state index contributed by atoms with van der Waals surface area (Å²) in [6.45, 7) is 1.32. The van der Waals surface area contributed by atoms with E-state index in [1.54, 1.807) is 24.3 Å². The molecule has 30 heavy (non-hydrogen) atoms. The van der Waals surface area contributed by atoms with E-state index in [0.29, 0.717) is 41.6 Å². The van der Waals surface area contributed by atoms with Crippen LogP contribution < -0.4 is 15.0 Å². The summed E-state index contributed by atoms with van der Waals surface area (Å²) in [7, 11) is 0. The van der Waals surface area contributed by atoms with Gasteiger partial charge in [0.15, 0.2) is 23.7 Å². The normalized spacial score (nSPS) is 19.6. The summed E-state index contributed by atoms with van der Waals surface area (Å²) < 4.78 is 19.8. The number of rotatable bonds is 4. The molecule has 152 valence electrons. The number of aldehydes is 1. The van der Waals surface area contributed by atoms with Gasteiger partial charge in [0.25, 0.3) is 0 Å². The van der Waals surface area contributed by atoms with Crippen LogP contribution in [0.5, 0.6) is 11.6 Å². The molecule has 5 rings (SSSR count). The van der Waals surface area contributed by atoms with Crippen LogP contribution >= 0.6 is 0 Å². The molecule has 1 saturated heterocycles. The molecule has 0 radical (unpaired) electrons. The SMILES string of the molecule is O=Cc1ccc(OC2CC3CNc4nnc(-c5cccc(F)c5O)cc4N3C2)nc1. The van der Waals surface area contributed by atoms with Crippen molar-refractivity contribution in [3.05, 3.63) is 54.0 Å². The molecule has 3 aromatic rings. The minimum absolute atomic E-state index is 0.0866. The second kappa shape index (κ2) is 7.25. The Kier molecular flexibility index (Phi) is 4.42. The fourth-order valence-corrected chi connectivity index (χ4v) is 3.94. The molecule has 0 amide bonds. The first-order chi connectivity index (χ1) is 14.6. The van der Waals surface area contributed by atoms with Gasteiger partial charge in [0, 0.05) is 36.4 Å². The second-order valence-corrected chi connectivity index (χ2v) is 7.31. The number of hydrogen-bond acceptors (Lipinski definition) is 8. The van der Waals surface area contributed by atoms with Crippen LogP contribution in [0.2, 0.25) is 0 Å². The van der Waals surface area contributed by atoms with Crippen LogP contribution in [0.25, 0.3) is 11.3 Å². The Morgan fingerprint density at radius 3 is 2.97 bits per heavy atom. The number of carbonyl (C=O) groups excluding carboxylic acids is 1. The first-order valence-electron chi connectivity index (χ1n) is 9.56. The van der Waals surface area contributed by atoms with Gasteiger partial charge in [-0.2, -0.15) is 0 Å². The molecule has 8 nitrogen and oxygen atoms in total. The average Bonchev–Trinajstić information content (AvgIpc) is 3.19. The summed E-state index contributed by atoms with van der Waals surface area (Å²) in [5, 5.41) is 21.7. The van der Waals surface area contributed by atoms with E-state index in [2.05, 4.69) is 25.4 Å². The maximum Gasteiger partial charge on any atom is 0.213 e. The van der Waals surface area contributed by atoms with Crippen LogP contribution in [-0.2, 0) is 0 Å². The van der Waals surface area contributed by atoms with Gasteiger partial charge in [-0.05, 0) is 24.3 Å². The lowest BCUT2D eigenvalue weighted by Crippen LogP contribution is -2.40. The number of ether oxygens (including phenoxy) is 1. The van der Waals surface area contributed by atoms with E-state index in [1.165, 1.54) is 18.3 Å². The highest BCUT2D eigenvalue weighted by Gasteiger charge is 2.38. The summed E-state index contributed by atoms with van der Waals surface area (Å²) >= 11 is 0. The van der Waals surface area contributed by atoms with Gasteiger partial charge in [-0.25, -0.2) is 9.37 Å². The molecule has 0 aliphatic carbocycles. The zero-order valence-corrected chi connectivity index (χ0v) is 15.8. The highest BCUT2D eigenvalue weighted by Crippen LogP contribution is 2.39. The number of hydrogen-bond donors (Lipinski definition) is 2. The van der Waals surface area contributed by atoms with Crippen molar-refractivity contribution in [3.8, 4) is 22.9 Å². The standard InChI is InChI=1S/C21H18FN5O3/c22-16-3-1-2-15(20(16)29)17-7-18-21(26-25-17)24-9-13-6-14(10-27(13)18)30-19-5-4-12(11-28)8-23-19/h1-5,7-8,11,13-14,29H,6,9-10H2,(H,24,26). The number of nitrogens with one attached hydrogen (secondary N) is 1. The lowest BCUT2D eigenvalue weighted by Gasteiger charge is -2.33. The molecule has 2 N–H and O–H groups in total. The first-order valence-corrected chi connectivity index (χ1v) is 9.56. The first kappa shape index (κ1) is 18.3. The van der Waals surface area contributed by atoms with E-state index in [4.69, 9.17) is 4.74 Å². The number of benzene rings is 1. The molecule has 0 spiro atoms. The van der Waals surface area contributed by atoms with Crippen LogP contribution in [0.3, 0.4) is 0 Å². The van der Waals surface area contributed by atoms with Crippen LogP contribution in [0.15, 0.2) is 42.6 Å². The van der Waals surface area contributed by atoms with Gasteiger partial charge in [-0.3, -0.25) is 4.79 Å². The summed E-state index contributed by atoms with van der Waals surface area (Å²) in [6, 6.07) is 9.67. The number of phenolic OH excluding ortho intramolecular Hbond substituents is 1. The average molecular weight is 407 g/mol. The third-order valence-electron chi connectivity index (χ3n) is 5.41. The Morgan fingerprint density at radius 1 is 1.27 bits per heavy atom. The topological polar surface area (TPSA) is 100 Å². The summed E-state index contributed by atoms with van der Waals surface area (Å²) in [5.41, 5.74) is 2.01. The van der Waals surface area contributed by atoms with Crippen molar-refractivity contribution in [1.29, 1.82) is 0 Å². The molecule has 1 aromatic carbocycles. The van der Waals surface area contributed by atoms with Crippen molar-refractivity contribution >= 4 is 17.8 Å². The molecule has 2 aromatic heterocycles. The van der Waals surface area contributed by atoms with Gasteiger partial charge in [-0.15, -0.1) is 10.2 Å². The van der Waals surface area contributed by atoms with Crippen molar-refractivity contribution < 1.29 is 19.0 Å². The predicted octanol–water partition coefficient (Wildman–Crippen LogP) is 2.65. The fraction of sp³-hybridized carbons (Fsp3) is 0.238. The second-order valence-electron chi connectivity index (χ2n) is 7.31. The molecule has 2 unspecified atom stereocenters. The molecule has 4 heterocycles. The molecule has 9 heteroatoms. The lowest BCUT2D eigenvalue weighted by molar-refractivity contribution is 0.112. The predicted molar refractivity (Wildman–Crippen MR) is 107 cm³/mol. The Morgan fingerprint density at radius 2 is 2.17 bits per heavy atom. The molecule has 2 atom stereocenters. The Labute approximate surface area is 171 Å². The minimum Gasteiger partial charge on any atom is -0.504 e. The quantitative estimate of drug-likeness (QED) is 0.637. The third kappa shape index (κ3) is 3.18. The summed E-state index contributed by atoms with van der Waals surface area (Å²) in [6.07, 6.45) is 2.92. The van der Waals surface area contributed by atoms with Crippen molar-refractivity contribution in [2.45, 2.75) is 18.6 Å². The number of phenols is 1. The van der Waals surface area contributed by atoms with Crippen LogP contribution in [0.4, 0.5) is 15.9 Å². The lowest BCUT2D eigenvalue weighted by atomic mass is 10.1. The van der Waals surface area contributed by atoms with Crippen LogP contribution in [0.1, 0.15) is 16.8 Å². The number of pyridine rings is 1. The van der Waals surface area contributed by atoms with Crippen LogP contribution in [-0.4, -0.2) is 51.8 Å². The Hall–Kier alpha value is -3.75. The molecule has 1 fully saturated rings. The number of anilines is 2. The molecular formula is C21H18FN5O3. The van der Waals surface area contributed by atoms with Gasteiger partial charge < -0.3 is 20.1 Å². The van der Waals surface area contributed by atoms with Gasteiger partial charge in [0.1, 0.15) is 6.10 Å². The number of aromatic hydroxyl groups is 1. The Balaban J connectivity index is 1.40. The van der Waals surface area contributed by atoms with E-state index < -0.39 is 11.6 Å². The van der Waals surface area contributed by atoms with Gasteiger partial charge >= 0.3 is 0 Å². The third-order valence-corrected chi connectivity index (χ3v) is 5.41. The maximum absolute atomic E-state index is 13.8. The fourth-order valence-electron chi connectivity index (χ4n) is 3.94. The van der Waals surface area contributed by atoms with E-state index in [0.717, 1.165) is 18.4 Å². The highest BCUT2D eigenvalue weighted by molar-refractivity contribution is 5.77. The number of nitrogens with zero attached hydrogens (tertiary/aromatic N) is 4. The number of halogens is 1. The van der Waals surface area contributed by atoms with E-state index in [9.17, 15) is 14.3 Å². The smallest absolute Gasteiger partial charge is 0.213 e. The summed E-state index contributed by atoms with van der Waals surface area (Å²) in [5.74, 6) is -0.0397. The summed E-state index contributed by atoms with van der Waals surface area (Å²) in [4.78, 5) is 17.1. The molecule has 0 bridgehead atoms. The highest BCUT2D eigenvalue weighted by atomic mass is 19.1. The maximum atomic E-state index is 13.8. The van der Waals surface area contributed by atoms with Crippen LogP contribution in [0, 0.1) is 5.82 Å². The number of fused-ring (bicyclic) bond motifs is 3. The van der Waals surface area contributed by atoms with E-state index in [-0.39, 0.29) is 12.1 Å². The molecule has 0 saturated carbocycles. The van der Waals surface area contributed by atoms with Crippen molar-refractivity contribution in [1.82, 2.24) is 15.2 Å². The molecule has 2 aliphatic rings. The minimum atomic E-state index is -0.703. The van der Waals surface area contributed by atoms with Crippen molar-refractivity contribution in [2.75, 3.05) is 23.3 Å². The molecular weight excluding hydrogens is 389 g/mol.